The Hall–Kier alpha value is -2.22. The number of nitrogens with zero attached hydrogens (tertiary/aromatic N) is 3. The molecule has 1 fully saturated rings. The fourth-order valence-corrected chi connectivity index (χ4v) is 2.43. The van der Waals surface area contributed by atoms with Gasteiger partial charge < -0.3 is 14.7 Å². The van der Waals surface area contributed by atoms with E-state index < -0.39 is 10.9 Å². The van der Waals surface area contributed by atoms with Crippen molar-refractivity contribution < 1.29 is 19.6 Å². The Morgan fingerprint density at radius 2 is 2.24 bits per heavy atom. The highest BCUT2D eigenvalue weighted by Gasteiger charge is 2.25. The number of aromatic nitrogens is 1. The highest BCUT2D eigenvalue weighted by Crippen LogP contribution is 2.26. The maximum Gasteiger partial charge on any atom is 0.339 e. The third kappa shape index (κ3) is 3.46. The van der Waals surface area contributed by atoms with E-state index in [1.165, 1.54) is 0 Å². The summed E-state index contributed by atoms with van der Waals surface area (Å²) in [4.78, 5) is 27.2. The number of piperidine rings is 1. The summed E-state index contributed by atoms with van der Waals surface area (Å²) in [5.41, 5.74) is -0.459. The number of rotatable bonds is 5. The number of pyridine rings is 1. The van der Waals surface area contributed by atoms with Crippen LogP contribution in [0.4, 0.5) is 11.5 Å². The predicted molar refractivity (Wildman–Crippen MR) is 74.7 cm³/mol. The van der Waals surface area contributed by atoms with E-state index in [9.17, 15) is 20.0 Å². The van der Waals surface area contributed by atoms with Crippen molar-refractivity contribution in [1.29, 1.82) is 0 Å². The third-order valence-electron chi connectivity index (χ3n) is 3.44. The molecule has 1 aliphatic heterocycles. The molecule has 0 aromatic carbocycles. The minimum absolute atomic E-state index is 0.140. The van der Waals surface area contributed by atoms with Crippen LogP contribution >= 0.6 is 0 Å². The highest BCUT2D eigenvalue weighted by atomic mass is 16.6. The van der Waals surface area contributed by atoms with Gasteiger partial charge in [0.1, 0.15) is 17.6 Å². The first-order chi connectivity index (χ1) is 10.0. The minimum atomic E-state index is -1.21. The second-order valence-electron chi connectivity index (χ2n) is 4.77. The quantitative estimate of drug-likeness (QED) is 0.650. The first-order valence-corrected chi connectivity index (χ1v) is 6.77. The average molecular weight is 295 g/mol. The smallest absolute Gasteiger partial charge is 0.339 e. The van der Waals surface area contributed by atoms with E-state index in [0.29, 0.717) is 19.7 Å². The zero-order valence-electron chi connectivity index (χ0n) is 11.7. The van der Waals surface area contributed by atoms with Gasteiger partial charge in [-0.3, -0.25) is 10.1 Å². The van der Waals surface area contributed by atoms with Crippen molar-refractivity contribution in [3.63, 3.8) is 0 Å². The largest absolute Gasteiger partial charge is 0.478 e. The summed E-state index contributed by atoms with van der Waals surface area (Å²) in [5, 5.41) is 19.9. The second kappa shape index (κ2) is 6.49. The summed E-state index contributed by atoms with van der Waals surface area (Å²) in [6.07, 6.45) is 2.84. The Kier molecular flexibility index (Phi) is 4.69. The molecule has 0 unspecified atom stereocenters. The van der Waals surface area contributed by atoms with Crippen LogP contribution in [0.2, 0.25) is 0 Å². The fraction of sp³-hybridized carbons (Fsp3) is 0.538. The molecule has 1 aromatic heterocycles. The number of aromatic carboxylic acids is 1. The lowest BCUT2D eigenvalue weighted by atomic mass is 10.1. The number of carboxylic acid groups (broad SMARTS) is 1. The molecule has 0 radical (unpaired) electrons. The third-order valence-corrected chi connectivity index (χ3v) is 3.44. The van der Waals surface area contributed by atoms with Gasteiger partial charge in [0.25, 0.3) is 5.69 Å². The van der Waals surface area contributed by atoms with E-state index in [2.05, 4.69) is 4.98 Å². The maximum absolute atomic E-state index is 11.3. The Bertz CT molecular complexity index is 541. The molecule has 1 aromatic rings. The summed E-state index contributed by atoms with van der Waals surface area (Å²) in [6, 6.07) is 1.05. The zero-order chi connectivity index (χ0) is 15.4. The van der Waals surface area contributed by atoms with Gasteiger partial charge in [0, 0.05) is 25.8 Å². The molecule has 0 bridgehead atoms. The van der Waals surface area contributed by atoms with Gasteiger partial charge in [0.15, 0.2) is 0 Å². The number of hydrogen-bond acceptors (Lipinski definition) is 6. The van der Waals surface area contributed by atoms with E-state index in [-0.39, 0.29) is 23.2 Å². The van der Waals surface area contributed by atoms with Crippen LogP contribution in [0.5, 0.6) is 0 Å². The second-order valence-corrected chi connectivity index (χ2v) is 4.77. The summed E-state index contributed by atoms with van der Waals surface area (Å²) >= 11 is 0. The van der Waals surface area contributed by atoms with Crippen LogP contribution in [0.15, 0.2) is 12.3 Å². The Balaban J connectivity index is 2.20. The average Bonchev–Trinajstić information content (AvgIpc) is 2.47. The van der Waals surface area contributed by atoms with E-state index in [0.717, 1.165) is 25.1 Å². The van der Waals surface area contributed by atoms with Crippen LogP contribution in [-0.2, 0) is 4.74 Å². The zero-order valence-corrected chi connectivity index (χ0v) is 11.7. The standard InChI is InChI=1S/C13H17N3O5/c1-2-21-10-3-5-15(6-4-10)12-11(13(17)18)7-9(8-14-12)16(19)20/h7-8,10H,2-6H2,1H3,(H,17,18). The molecule has 21 heavy (non-hydrogen) atoms. The molecule has 0 saturated carbocycles. The van der Waals surface area contributed by atoms with Gasteiger partial charge in [-0.15, -0.1) is 0 Å². The number of carbonyl (C=O) groups is 1. The number of nitro groups is 1. The van der Waals surface area contributed by atoms with Crippen LogP contribution in [0, 0.1) is 10.1 Å². The Morgan fingerprint density at radius 1 is 1.57 bits per heavy atom. The van der Waals surface area contributed by atoms with Crippen LogP contribution < -0.4 is 4.90 Å². The predicted octanol–water partition coefficient (Wildman–Crippen LogP) is 1.69. The van der Waals surface area contributed by atoms with Gasteiger partial charge >= 0.3 is 5.97 Å². The SMILES string of the molecule is CCOC1CCN(c2ncc([N+](=O)[O-])cc2C(=O)O)CC1. The van der Waals surface area contributed by atoms with E-state index in [1.54, 1.807) is 0 Å². The van der Waals surface area contributed by atoms with Gasteiger partial charge in [0.2, 0.25) is 0 Å². The molecule has 0 spiro atoms. The van der Waals surface area contributed by atoms with Gasteiger partial charge in [-0.1, -0.05) is 0 Å². The van der Waals surface area contributed by atoms with Crippen molar-refractivity contribution in [3.05, 3.63) is 27.9 Å². The Morgan fingerprint density at radius 3 is 2.76 bits per heavy atom. The molecule has 1 N–H and O–H groups in total. The maximum atomic E-state index is 11.3. The van der Waals surface area contributed by atoms with E-state index in [1.807, 2.05) is 11.8 Å². The molecule has 8 nitrogen and oxygen atoms in total. The van der Waals surface area contributed by atoms with Crippen molar-refractivity contribution in [1.82, 2.24) is 4.98 Å². The molecule has 1 aliphatic rings. The molecular formula is C13H17N3O5. The van der Waals surface area contributed by atoms with E-state index in [4.69, 9.17) is 4.74 Å². The summed E-state index contributed by atoms with van der Waals surface area (Å²) in [7, 11) is 0. The van der Waals surface area contributed by atoms with Gasteiger partial charge in [0.05, 0.1) is 11.0 Å². The van der Waals surface area contributed by atoms with Crippen LogP contribution in [0.25, 0.3) is 0 Å². The van der Waals surface area contributed by atoms with Crippen molar-refractivity contribution in [2.24, 2.45) is 0 Å². The molecule has 0 amide bonds. The van der Waals surface area contributed by atoms with Crippen molar-refractivity contribution >= 4 is 17.5 Å². The van der Waals surface area contributed by atoms with Gasteiger partial charge in [-0.05, 0) is 19.8 Å². The van der Waals surface area contributed by atoms with Crippen LogP contribution in [-0.4, -0.2) is 46.8 Å². The van der Waals surface area contributed by atoms with Gasteiger partial charge in [-0.2, -0.15) is 0 Å². The van der Waals surface area contributed by atoms with Gasteiger partial charge in [-0.25, -0.2) is 9.78 Å². The lowest BCUT2D eigenvalue weighted by Gasteiger charge is -2.33. The van der Waals surface area contributed by atoms with Crippen molar-refractivity contribution in [2.45, 2.75) is 25.9 Å². The number of ether oxygens (including phenoxy) is 1. The lowest BCUT2D eigenvalue weighted by Crippen LogP contribution is -2.38. The molecule has 0 aliphatic carbocycles. The summed E-state index contributed by atoms with van der Waals surface area (Å²) < 4.78 is 5.54. The molecule has 2 heterocycles. The van der Waals surface area contributed by atoms with Crippen LogP contribution in [0.1, 0.15) is 30.1 Å². The normalized spacial score (nSPS) is 16.0. The fourth-order valence-electron chi connectivity index (χ4n) is 2.43. The first kappa shape index (κ1) is 15.2. The summed E-state index contributed by atoms with van der Waals surface area (Å²) in [5.74, 6) is -0.934. The lowest BCUT2D eigenvalue weighted by molar-refractivity contribution is -0.385. The molecular weight excluding hydrogens is 278 g/mol. The number of carboxylic acids is 1. The molecule has 8 heteroatoms. The minimum Gasteiger partial charge on any atom is -0.478 e. The monoisotopic (exact) mass is 295 g/mol. The van der Waals surface area contributed by atoms with Crippen molar-refractivity contribution in [2.75, 3.05) is 24.6 Å². The van der Waals surface area contributed by atoms with Crippen LogP contribution in [0.3, 0.4) is 0 Å². The molecule has 0 atom stereocenters. The van der Waals surface area contributed by atoms with E-state index >= 15 is 0 Å². The topological polar surface area (TPSA) is 106 Å². The molecule has 2 rings (SSSR count). The molecule has 114 valence electrons. The number of hydrogen-bond donors (Lipinski definition) is 1. The number of anilines is 1. The highest BCUT2D eigenvalue weighted by molar-refractivity contribution is 5.94. The Labute approximate surface area is 121 Å². The molecule has 1 saturated heterocycles. The first-order valence-electron chi connectivity index (χ1n) is 6.77. The summed E-state index contributed by atoms with van der Waals surface area (Å²) in [6.45, 7) is 3.83. The van der Waals surface area contributed by atoms with Crippen molar-refractivity contribution in [3.8, 4) is 0 Å².